The molecule has 2 aromatic carbocycles. The highest BCUT2D eigenvalue weighted by Gasteiger charge is 2.17. The van der Waals surface area contributed by atoms with Gasteiger partial charge >= 0.3 is 0 Å². The van der Waals surface area contributed by atoms with Crippen LogP contribution in [0.2, 0.25) is 0 Å². The van der Waals surface area contributed by atoms with Gasteiger partial charge in [-0.25, -0.2) is 0 Å². The fourth-order valence-electron chi connectivity index (χ4n) is 2.75. The Kier molecular flexibility index (Phi) is 6.45. The lowest BCUT2D eigenvalue weighted by Gasteiger charge is -2.20. The van der Waals surface area contributed by atoms with Crippen LogP contribution in [0.4, 0.5) is 0 Å². The molecule has 0 saturated carbocycles. The summed E-state index contributed by atoms with van der Waals surface area (Å²) in [6.45, 7) is 2.15. The zero-order chi connectivity index (χ0) is 18.2. The third-order valence-electron chi connectivity index (χ3n) is 4.14. The second-order valence-corrected chi connectivity index (χ2v) is 7.21. The monoisotopic (exact) mass is 362 g/mol. The SMILES string of the molecule is CCSCc1ccc(C(=O)NC(c2ccccc2)c2ccncc2)cc1. The van der Waals surface area contributed by atoms with Gasteiger partial charge in [-0.15, -0.1) is 0 Å². The van der Waals surface area contributed by atoms with E-state index >= 15 is 0 Å². The van der Waals surface area contributed by atoms with E-state index in [-0.39, 0.29) is 11.9 Å². The van der Waals surface area contributed by atoms with Gasteiger partial charge in [0.25, 0.3) is 5.91 Å². The fraction of sp³-hybridized carbons (Fsp3) is 0.182. The summed E-state index contributed by atoms with van der Waals surface area (Å²) in [5.74, 6) is 1.99. The molecule has 0 aliphatic rings. The number of amides is 1. The molecule has 26 heavy (non-hydrogen) atoms. The van der Waals surface area contributed by atoms with Crippen molar-refractivity contribution in [3.8, 4) is 0 Å². The van der Waals surface area contributed by atoms with E-state index in [9.17, 15) is 4.79 Å². The van der Waals surface area contributed by atoms with Gasteiger partial charge in [0.1, 0.15) is 0 Å². The van der Waals surface area contributed by atoms with Gasteiger partial charge in [-0.2, -0.15) is 11.8 Å². The Hall–Kier alpha value is -2.59. The second kappa shape index (κ2) is 9.20. The standard InChI is InChI=1S/C22H22N2OS/c1-2-26-16-17-8-10-20(11-9-17)22(25)24-21(18-6-4-3-5-7-18)19-12-14-23-15-13-19/h3-15,21H,2,16H2,1H3,(H,24,25). The fourth-order valence-corrected chi connectivity index (χ4v) is 3.38. The van der Waals surface area contributed by atoms with Crippen molar-refractivity contribution in [3.05, 3.63) is 101 Å². The first-order valence-electron chi connectivity index (χ1n) is 8.70. The predicted molar refractivity (Wildman–Crippen MR) is 108 cm³/mol. The number of nitrogens with zero attached hydrogens (tertiary/aromatic N) is 1. The van der Waals surface area contributed by atoms with E-state index in [0.29, 0.717) is 5.56 Å². The number of carbonyl (C=O) groups excluding carboxylic acids is 1. The molecule has 0 fully saturated rings. The molecule has 0 aliphatic carbocycles. The van der Waals surface area contributed by atoms with Crippen LogP contribution in [0.1, 0.15) is 40.0 Å². The summed E-state index contributed by atoms with van der Waals surface area (Å²) in [6.07, 6.45) is 3.50. The van der Waals surface area contributed by atoms with Crippen molar-refractivity contribution in [3.63, 3.8) is 0 Å². The van der Waals surface area contributed by atoms with Gasteiger partial charge in [0.05, 0.1) is 6.04 Å². The Labute approximate surface area is 158 Å². The van der Waals surface area contributed by atoms with E-state index < -0.39 is 0 Å². The highest BCUT2D eigenvalue weighted by molar-refractivity contribution is 7.98. The van der Waals surface area contributed by atoms with Crippen LogP contribution in [-0.2, 0) is 5.75 Å². The van der Waals surface area contributed by atoms with Crippen molar-refractivity contribution in [2.24, 2.45) is 0 Å². The first-order chi connectivity index (χ1) is 12.8. The lowest BCUT2D eigenvalue weighted by molar-refractivity contribution is 0.0943. The maximum Gasteiger partial charge on any atom is 0.252 e. The molecule has 1 heterocycles. The molecule has 3 rings (SSSR count). The molecule has 3 nitrogen and oxygen atoms in total. The smallest absolute Gasteiger partial charge is 0.252 e. The number of pyridine rings is 1. The summed E-state index contributed by atoms with van der Waals surface area (Å²) in [7, 11) is 0. The van der Waals surface area contributed by atoms with Gasteiger partial charge in [-0.05, 0) is 46.7 Å². The zero-order valence-corrected chi connectivity index (χ0v) is 15.6. The van der Waals surface area contributed by atoms with Crippen molar-refractivity contribution >= 4 is 17.7 Å². The van der Waals surface area contributed by atoms with Crippen LogP contribution in [0.25, 0.3) is 0 Å². The topological polar surface area (TPSA) is 42.0 Å². The molecule has 1 atom stereocenters. The van der Waals surface area contributed by atoms with E-state index in [0.717, 1.165) is 22.6 Å². The Bertz CT molecular complexity index is 780. The van der Waals surface area contributed by atoms with Gasteiger partial charge < -0.3 is 5.32 Å². The minimum atomic E-state index is -0.206. The number of carbonyl (C=O) groups is 1. The first kappa shape index (κ1) is 18.2. The average molecular weight is 362 g/mol. The van der Waals surface area contributed by atoms with Crippen LogP contribution in [0.15, 0.2) is 79.1 Å². The van der Waals surface area contributed by atoms with E-state index in [4.69, 9.17) is 0 Å². The van der Waals surface area contributed by atoms with Crippen molar-refractivity contribution in [1.29, 1.82) is 0 Å². The van der Waals surface area contributed by atoms with Crippen LogP contribution in [0.3, 0.4) is 0 Å². The molecule has 0 spiro atoms. The number of benzene rings is 2. The molecular weight excluding hydrogens is 340 g/mol. The van der Waals surface area contributed by atoms with Crippen molar-refractivity contribution < 1.29 is 4.79 Å². The third-order valence-corrected chi connectivity index (χ3v) is 5.08. The van der Waals surface area contributed by atoms with Crippen LogP contribution in [0, 0.1) is 0 Å². The van der Waals surface area contributed by atoms with Crippen molar-refractivity contribution in [2.75, 3.05) is 5.75 Å². The highest BCUT2D eigenvalue weighted by Crippen LogP contribution is 2.22. The van der Waals surface area contributed by atoms with Crippen molar-refractivity contribution in [2.45, 2.75) is 18.7 Å². The Morgan fingerprint density at radius 2 is 1.62 bits per heavy atom. The van der Waals surface area contributed by atoms with Crippen molar-refractivity contribution in [1.82, 2.24) is 10.3 Å². The molecule has 0 aliphatic heterocycles. The molecule has 0 radical (unpaired) electrons. The predicted octanol–water partition coefficient (Wildman–Crippen LogP) is 4.85. The first-order valence-corrected chi connectivity index (χ1v) is 9.86. The molecule has 0 saturated heterocycles. The Morgan fingerprint density at radius 3 is 2.27 bits per heavy atom. The van der Waals surface area contributed by atoms with Crippen LogP contribution >= 0.6 is 11.8 Å². The van der Waals surface area contributed by atoms with Crippen LogP contribution in [-0.4, -0.2) is 16.6 Å². The third kappa shape index (κ3) is 4.73. The maximum atomic E-state index is 12.8. The molecule has 1 unspecified atom stereocenters. The van der Waals surface area contributed by atoms with E-state index in [1.165, 1.54) is 5.56 Å². The molecular formula is C22H22N2OS. The second-order valence-electron chi connectivity index (χ2n) is 5.93. The van der Waals surface area contributed by atoms with Gasteiger partial charge in [-0.1, -0.05) is 49.4 Å². The number of thioether (sulfide) groups is 1. The number of nitrogens with one attached hydrogen (secondary N) is 1. The number of rotatable bonds is 7. The molecule has 4 heteroatoms. The molecule has 1 N–H and O–H groups in total. The summed E-state index contributed by atoms with van der Waals surface area (Å²) in [5.41, 5.74) is 3.96. The average Bonchev–Trinajstić information content (AvgIpc) is 2.72. The summed E-state index contributed by atoms with van der Waals surface area (Å²) in [4.78, 5) is 16.9. The van der Waals surface area contributed by atoms with Gasteiger partial charge in [-0.3, -0.25) is 9.78 Å². The quantitative estimate of drug-likeness (QED) is 0.653. The van der Waals surface area contributed by atoms with Gasteiger partial charge in [0.15, 0.2) is 0 Å². The zero-order valence-electron chi connectivity index (χ0n) is 14.8. The number of hydrogen-bond acceptors (Lipinski definition) is 3. The Morgan fingerprint density at radius 1 is 0.962 bits per heavy atom. The van der Waals surface area contributed by atoms with Crippen LogP contribution in [0.5, 0.6) is 0 Å². The van der Waals surface area contributed by atoms with Gasteiger partial charge in [0, 0.05) is 23.7 Å². The molecule has 132 valence electrons. The summed E-state index contributed by atoms with van der Waals surface area (Å²) < 4.78 is 0. The lowest BCUT2D eigenvalue weighted by atomic mass is 9.99. The largest absolute Gasteiger partial charge is 0.341 e. The molecule has 3 aromatic rings. The van der Waals surface area contributed by atoms with E-state index in [1.807, 2.05) is 78.5 Å². The minimum absolute atomic E-state index is 0.0784. The van der Waals surface area contributed by atoms with Crippen LogP contribution < -0.4 is 5.32 Å². The highest BCUT2D eigenvalue weighted by atomic mass is 32.2. The normalized spacial score (nSPS) is 11.7. The summed E-state index contributed by atoms with van der Waals surface area (Å²) >= 11 is 1.87. The summed E-state index contributed by atoms with van der Waals surface area (Å²) in [6, 6.07) is 21.5. The van der Waals surface area contributed by atoms with E-state index in [1.54, 1.807) is 12.4 Å². The number of aromatic nitrogens is 1. The maximum absolute atomic E-state index is 12.8. The van der Waals surface area contributed by atoms with Gasteiger partial charge in [0.2, 0.25) is 0 Å². The minimum Gasteiger partial charge on any atom is -0.341 e. The van der Waals surface area contributed by atoms with E-state index in [2.05, 4.69) is 17.2 Å². The molecule has 1 aromatic heterocycles. The molecule has 0 bridgehead atoms. The number of hydrogen-bond donors (Lipinski definition) is 1. The Balaban J connectivity index is 1.79. The summed E-state index contributed by atoms with van der Waals surface area (Å²) in [5, 5.41) is 3.16. The molecule has 1 amide bonds. The lowest BCUT2D eigenvalue weighted by Crippen LogP contribution is -2.29.